The second-order valence-corrected chi connectivity index (χ2v) is 8.08. The van der Waals surface area contributed by atoms with Crippen molar-refractivity contribution in [2.75, 3.05) is 39.3 Å². The molecule has 2 rings (SSSR count). The molecule has 0 atom stereocenters. The third-order valence-electron chi connectivity index (χ3n) is 4.83. The smallest absolute Gasteiger partial charge is 0.220 e. The third-order valence-corrected chi connectivity index (χ3v) is 5.65. The second-order valence-electron chi connectivity index (χ2n) is 7.02. The summed E-state index contributed by atoms with van der Waals surface area (Å²) in [5, 5.41) is 9.91. The fourth-order valence-electron chi connectivity index (χ4n) is 3.25. The van der Waals surface area contributed by atoms with Gasteiger partial charge in [0.25, 0.3) is 0 Å². The zero-order valence-corrected chi connectivity index (χ0v) is 17.5. The summed E-state index contributed by atoms with van der Waals surface area (Å²) in [6.45, 7) is 9.68. The van der Waals surface area contributed by atoms with Gasteiger partial charge in [-0.05, 0) is 59.2 Å². The number of aliphatic imine (C=N–C) groups is 1. The fraction of sp³-hybridized carbons (Fsp3) is 0.737. The van der Waals surface area contributed by atoms with E-state index in [4.69, 9.17) is 5.73 Å². The molecule has 0 aliphatic carbocycles. The van der Waals surface area contributed by atoms with Gasteiger partial charge < -0.3 is 21.3 Å². The molecule has 4 N–H and O–H groups in total. The molecule has 1 amide bonds. The molecule has 1 fully saturated rings. The number of thiazole rings is 1. The number of guanidine groups is 1. The molecule has 0 saturated carbocycles. The van der Waals surface area contributed by atoms with Crippen molar-refractivity contribution in [1.29, 1.82) is 0 Å². The van der Waals surface area contributed by atoms with Gasteiger partial charge in [-0.3, -0.25) is 9.79 Å². The highest BCUT2D eigenvalue weighted by atomic mass is 32.1. The van der Waals surface area contributed by atoms with Crippen LogP contribution in [0.5, 0.6) is 0 Å². The molecular formula is C19H34N6OS. The Bertz CT molecular complexity index is 595. The van der Waals surface area contributed by atoms with Gasteiger partial charge in [0.05, 0.1) is 10.7 Å². The number of rotatable bonds is 10. The Morgan fingerprint density at radius 2 is 2.15 bits per heavy atom. The summed E-state index contributed by atoms with van der Waals surface area (Å²) in [5.74, 6) is 0.817. The van der Waals surface area contributed by atoms with Crippen molar-refractivity contribution < 1.29 is 4.79 Å². The van der Waals surface area contributed by atoms with Gasteiger partial charge in [0.2, 0.25) is 5.91 Å². The lowest BCUT2D eigenvalue weighted by Gasteiger charge is -2.30. The summed E-state index contributed by atoms with van der Waals surface area (Å²) in [5.41, 5.74) is 6.53. The van der Waals surface area contributed by atoms with E-state index in [1.54, 1.807) is 11.3 Å². The van der Waals surface area contributed by atoms with E-state index in [1.807, 2.05) is 6.92 Å². The number of likely N-dealkylation sites (tertiary alicyclic amines) is 1. The highest BCUT2D eigenvalue weighted by Gasteiger charge is 2.22. The molecule has 8 heteroatoms. The molecule has 7 nitrogen and oxygen atoms in total. The van der Waals surface area contributed by atoms with Gasteiger partial charge in [0.15, 0.2) is 5.96 Å². The second kappa shape index (κ2) is 11.9. The van der Waals surface area contributed by atoms with Crippen molar-refractivity contribution >= 4 is 23.2 Å². The number of unbranched alkanes of at least 4 members (excludes halogenated alkanes) is 1. The molecule has 1 saturated heterocycles. The Balaban J connectivity index is 1.59. The summed E-state index contributed by atoms with van der Waals surface area (Å²) in [6.07, 6.45) is 4.91. The first-order valence-electron chi connectivity index (χ1n) is 10.0. The van der Waals surface area contributed by atoms with Gasteiger partial charge in [-0.25, -0.2) is 4.98 Å². The van der Waals surface area contributed by atoms with E-state index in [9.17, 15) is 4.79 Å². The van der Waals surface area contributed by atoms with Crippen molar-refractivity contribution in [3.05, 3.63) is 16.1 Å². The van der Waals surface area contributed by atoms with Gasteiger partial charge in [0.1, 0.15) is 0 Å². The van der Waals surface area contributed by atoms with Gasteiger partial charge in [-0.1, -0.05) is 0 Å². The molecular weight excluding hydrogens is 360 g/mol. The van der Waals surface area contributed by atoms with Gasteiger partial charge in [-0.15, -0.1) is 11.3 Å². The zero-order valence-electron chi connectivity index (χ0n) is 16.7. The average molecular weight is 395 g/mol. The van der Waals surface area contributed by atoms with Crippen LogP contribution in [0.15, 0.2) is 10.4 Å². The van der Waals surface area contributed by atoms with E-state index in [0.717, 1.165) is 88.0 Å². The van der Waals surface area contributed by atoms with Crippen LogP contribution < -0.4 is 16.4 Å². The molecule has 27 heavy (non-hydrogen) atoms. The first kappa shape index (κ1) is 21.6. The van der Waals surface area contributed by atoms with Crippen LogP contribution in [0.4, 0.5) is 0 Å². The van der Waals surface area contributed by atoms with E-state index >= 15 is 0 Å². The lowest BCUT2D eigenvalue weighted by Crippen LogP contribution is -2.39. The van der Waals surface area contributed by atoms with Crippen molar-refractivity contribution in [2.45, 2.75) is 46.0 Å². The first-order chi connectivity index (χ1) is 13.1. The van der Waals surface area contributed by atoms with E-state index in [-0.39, 0.29) is 11.8 Å². The minimum Gasteiger partial charge on any atom is -0.369 e. The van der Waals surface area contributed by atoms with Crippen molar-refractivity contribution in [2.24, 2.45) is 16.6 Å². The fourth-order valence-corrected chi connectivity index (χ4v) is 3.90. The van der Waals surface area contributed by atoms with Crippen LogP contribution in [0.2, 0.25) is 0 Å². The SMILES string of the molecule is CCNC(=NCCCCN1CCC(C(N)=O)CC1)NCCc1csc(C)n1. The summed E-state index contributed by atoms with van der Waals surface area (Å²) in [7, 11) is 0. The quantitative estimate of drug-likeness (QED) is 0.318. The predicted molar refractivity (Wildman–Crippen MR) is 112 cm³/mol. The number of nitrogens with zero attached hydrogens (tertiary/aromatic N) is 3. The van der Waals surface area contributed by atoms with Gasteiger partial charge in [-0.2, -0.15) is 0 Å². The van der Waals surface area contributed by atoms with Crippen LogP contribution in [-0.2, 0) is 11.2 Å². The van der Waals surface area contributed by atoms with Gasteiger partial charge in [0, 0.05) is 37.4 Å². The summed E-state index contributed by atoms with van der Waals surface area (Å²) in [4.78, 5) is 22.8. The van der Waals surface area contributed by atoms with Crippen molar-refractivity contribution in [3.8, 4) is 0 Å². The van der Waals surface area contributed by atoms with E-state index in [0.29, 0.717) is 0 Å². The maximum Gasteiger partial charge on any atom is 0.220 e. The van der Waals surface area contributed by atoms with E-state index < -0.39 is 0 Å². The maximum absolute atomic E-state index is 11.2. The predicted octanol–water partition coefficient (Wildman–Crippen LogP) is 1.53. The Labute approximate surface area is 166 Å². The summed E-state index contributed by atoms with van der Waals surface area (Å²) >= 11 is 1.69. The Kier molecular flexibility index (Phi) is 9.55. The molecule has 1 aliphatic heterocycles. The highest BCUT2D eigenvalue weighted by molar-refractivity contribution is 7.09. The number of carbonyl (C=O) groups excluding carboxylic acids is 1. The summed E-state index contributed by atoms with van der Waals surface area (Å²) < 4.78 is 0. The molecule has 1 aromatic heterocycles. The number of aromatic nitrogens is 1. The average Bonchev–Trinajstić information content (AvgIpc) is 3.07. The normalized spacial score (nSPS) is 16.4. The number of primary amides is 1. The highest BCUT2D eigenvalue weighted by Crippen LogP contribution is 2.16. The lowest BCUT2D eigenvalue weighted by molar-refractivity contribution is -0.123. The molecule has 0 unspecified atom stereocenters. The minimum absolute atomic E-state index is 0.0767. The number of aryl methyl sites for hydroxylation is 1. The van der Waals surface area contributed by atoms with E-state index in [1.165, 1.54) is 0 Å². The lowest BCUT2D eigenvalue weighted by atomic mass is 9.96. The molecule has 2 heterocycles. The molecule has 0 radical (unpaired) electrons. The van der Waals surface area contributed by atoms with Crippen molar-refractivity contribution in [3.63, 3.8) is 0 Å². The Morgan fingerprint density at radius 3 is 2.78 bits per heavy atom. The molecule has 0 spiro atoms. The molecule has 1 aromatic rings. The monoisotopic (exact) mass is 394 g/mol. The molecule has 0 bridgehead atoms. The first-order valence-corrected chi connectivity index (χ1v) is 10.9. The number of carbonyl (C=O) groups is 1. The van der Waals surface area contributed by atoms with Crippen LogP contribution in [0.25, 0.3) is 0 Å². The van der Waals surface area contributed by atoms with Crippen LogP contribution in [0.3, 0.4) is 0 Å². The summed E-state index contributed by atoms with van der Waals surface area (Å²) in [6, 6.07) is 0. The molecule has 1 aliphatic rings. The van der Waals surface area contributed by atoms with E-state index in [2.05, 4.69) is 37.8 Å². The Hall–Kier alpha value is -1.67. The maximum atomic E-state index is 11.2. The minimum atomic E-state index is -0.141. The molecule has 0 aromatic carbocycles. The zero-order chi connectivity index (χ0) is 19.5. The largest absolute Gasteiger partial charge is 0.369 e. The van der Waals surface area contributed by atoms with Crippen LogP contribution in [-0.4, -0.2) is 61.0 Å². The number of nitrogens with two attached hydrogens (primary N) is 1. The number of amides is 1. The van der Waals surface area contributed by atoms with Crippen LogP contribution >= 0.6 is 11.3 Å². The number of hydrogen-bond donors (Lipinski definition) is 3. The third kappa shape index (κ3) is 8.26. The molecule has 152 valence electrons. The van der Waals surface area contributed by atoms with Crippen LogP contribution in [0, 0.1) is 12.8 Å². The Morgan fingerprint density at radius 1 is 1.37 bits per heavy atom. The number of nitrogens with one attached hydrogen (secondary N) is 2. The number of piperidine rings is 1. The van der Waals surface area contributed by atoms with Gasteiger partial charge >= 0.3 is 0 Å². The standard InChI is InChI=1S/C19H34N6OS/c1-3-21-19(23-10-6-17-14-27-15(2)24-17)22-9-4-5-11-25-12-7-16(8-13-25)18(20)26/h14,16H,3-13H2,1-2H3,(H2,20,26)(H2,21,22,23). The van der Waals surface area contributed by atoms with Crippen molar-refractivity contribution in [1.82, 2.24) is 20.5 Å². The van der Waals surface area contributed by atoms with Crippen LogP contribution in [0.1, 0.15) is 43.3 Å². The topological polar surface area (TPSA) is 95.6 Å². The number of hydrogen-bond acceptors (Lipinski definition) is 5.